The fraction of sp³-hybridized carbons (Fsp3) is 0.714. The lowest BCUT2D eigenvalue weighted by molar-refractivity contribution is 0.323. The summed E-state index contributed by atoms with van der Waals surface area (Å²) in [7, 11) is 0. The quantitative estimate of drug-likeness (QED) is 0.588. The standard InChI is InChI=1S/C7H14N2/c1-3-7-8-5-6-9(7)4-2/h4,7-8H,2-3,5-6H2,1H3. The van der Waals surface area contributed by atoms with Gasteiger partial charge in [0.2, 0.25) is 0 Å². The molecule has 1 atom stereocenters. The van der Waals surface area contributed by atoms with Gasteiger partial charge >= 0.3 is 0 Å². The van der Waals surface area contributed by atoms with Crippen LogP contribution in [0.25, 0.3) is 0 Å². The summed E-state index contributed by atoms with van der Waals surface area (Å²) in [6.07, 6.45) is 3.61. The Balaban J connectivity index is 2.41. The van der Waals surface area contributed by atoms with Crippen molar-refractivity contribution in [3.8, 4) is 0 Å². The normalized spacial score (nSPS) is 26.8. The van der Waals surface area contributed by atoms with Crippen LogP contribution in [0.15, 0.2) is 12.8 Å². The molecule has 1 unspecified atom stereocenters. The first-order valence-corrected chi connectivity index (χ1v) is 3.50. The van der Waals surface area contributed by atoms with Gasteiger partial charge in [-0.2, -0.15) is 0 Å². The summed E-state index contributed by atoms with van der Waals surface area (Å²) < 4.78 is 0. The average molecular weight is 126 g/mol. The van der Waals surface area contributed by atoms with E-state index in [1.165, 1.54) is 0 Å². The molecular formula is C7H14N2. The summed E-state index contributed by atoms with van der Waals surface area (Å²) in [6, 6.07) is 0. The second kappa shape index (κ2) is 2.87. The number of rotatable bonds is 2. The van der Waals surface area contributed by atoms with Crippen molar-refractivity contribution < 1.29 is 0 Å². The lowest BCUT2D eigenvalue weighted by atomic mass is 10.4. The second-order valence-corrected chi connectivity index (χ2v) is 2.30. The predicted molar refractivity (Wildman–Crippen MR) is 39.0 cm³/mol. The minimum atomic E-state index is 0.544. The zero-order valence-electron chi connectivity index (χ0n) is 5.93. The highest BCUT2D eigenvalue weighted by Gasteiger charge is 2.17. The lowest BCUT2D eigenvalue weighted by Crippen LogP contribution is -2.30. The van der Waals surface area contributed by atoms with Crippen LogP contribution in [0.1, 0.15) is 13.3 Å². The van der Waals surface area contributed by atoms with Crippen molar-refractivity contribution in [3.63, 3.8) is 0 Å². The van der Waals surface area contributed by atoms with Gasteiger partial charge in [-0.05, 0) is 12.6 Å². The monoisotopic (exact) mass is 126 g/mol. The van der Waals surface area contributed by atoms with Crippen molar-refractivity contribution in [2.75, 3.05) is 13.1 Å². The molecule has 0 aromatic rings. The first kappa shape index (κ1) is 6.62. The molecule has 1 fully saturated rings. The van der Waals surface area contributed by atoms with Crippen molar-refractivity contribution in [1.29, 1.82) is 0 Å². The maximum atomic E-state index is 3.73. The van der Waals surface area contributed by atoms with E-state index >= 15 is 0 Å². The van der Waals surface area contributed by atoms with E-state index in [9.17, 15) is 0 Å². The minimum Gasteiger partial charge on any atom is -0.361 e. The van der Waals surface area contributed by atoms with Crippen molar-refractivity contribution in [2.24, 2.45) is 0 Å². The third-order valence-corrected chi connectivity index (χ3v) is 1.77. The summed E-state index contributed by atoms with van der Waals surface area (Å²) in [5, 5.41) is 3.36. The smallest absolute Gasteiger partial charge is 0.0788 e. The highest BCUT2D eigenvalue weighted by Crippen LogP contribution is 2.05. The van der Waals surface area contributed by atoms with Gasteiger partial charge in [-0.3, -0.25) is 5.32 Å². The van der Waals surface area contributed by atoms with E-state index in [0.717, 1.165) is 19.5 Å². The fourth-order valence-electron chi connectivity index (χ4n) is 1.23. The SMILES string of the molecule is C=CN1CCNC1CC. The molecule has 0 amide bonds. The Kier molecular flexibility index (Phi) is 2.11. The van der Waals surface area contributed by atoms with Crippen LogP contribution < -0.4 is 5.32 Å². The van der Waals surface area contributed by atoms with Crippen LogP contribution in [0.3, 0.4) is 0 Å². The Labute approximate surface area is 56.5 Å². The predicted octanol–water partition coefficient (Wildman–Crippen LogP) is 0.771. The molecule has 0 spiro atoms. The molecule has 0 radical (unpaired) electrons. The molecule has 52 valence electrons. The topological polar surface area (TPSA) is 15.3 Å². The zero-order chi connectivity index (χ0) is 6.69. The second-order valence-electron chi connectivity index (χ2n) is 2.30. The van der Waals surface area contributed by atoms with Gasteiger partial charge in [0, 0.05) is 13.1 Å². The Bertz CT molecular complexity index is 101. The minimum absolute atomic E-state index is 0.544. The number of nitrogens with one attached hydrogen (secondary N) is 1. The van der Waals surface area contributed by atoms with Gasteiger partial charge in [-0.25, -0.2) is 0 Å². The molecule has 9 heavy (non-hydrogen) atoms. The third kappa shape index (κ3) is 1.24. The van der Waals surface area contributed by atoms with Gasteiger partial charge in [0.15, 0.2) is 0 Å². The lowest BCUT2D eigenvalue weighted by Gasteiger charge is -2.19. The van der Waals surface area contributed by atoms with E-state index < -0.39 is 0 Å². The maximum Gasteiger partial charge on any atom is 0.0788 e. The first-order valence-electron chi connectivity index (χ1n) is 3.50. The molecule has 1 saturated heterocycles. The molecular weight excluding hydrogens is 112 g/mol. The van der Waals surface area contributed by atoms with Crippen molar-refractivity contribution in [3.05, 3.63) is 12.8 Å². The Morgan fingerprint density at radius 2 is 2.67 bits per heavy atom. The van der Waals surface area contributed by atoms with Gasteiger partial charge in [0.05, 0.1) is 6.17 Å². The van der Waals surface area contributed by atoms with Crippen LogP contribution in [0.4, 0.5) is 0 Å². The van der Waals surface area contributed by atoms with Crippen LogP contribution >= 0.6 is 0 Å². The molecule has 2 nitrogen and oxygen atoms in total. The maximum absolute atomic E-state index is 3.73. The molecule has 1 rings (SSSR count). The summed E-state index contributed by atoms with van der Waals surface area (Å²) in [5.41, 5.74) is 0. The molecule has 1 heterocycles. The highest BCUT2D eigenvalue weighted by molar-refractivity contribution is 4.83. The van der Waals surface area contributed by atoms with Crippen LogP contribution in [-0.4, -0.2) is 24.2 Å². The van der Waals surface area contributed by atoms with Crippen molar-refractivity contribution in [1.82, 2.24) is 10.2 Å². The van der Waals surface area contributed by atoms with E-state index in [-0.39, 0.29) is 0 Å². The van der Waals surface area contributed by atoms with E-state index in [1.807, 2.05) is 6.20 Å². The molecule has 1 aliphatic rings. The van der Waals surface area contributed by atoms with Gasteiger partial charge < -0.3 is 4.90 Å². The van der Waals surface area contributed by atoms with Crippen LogP contribution in [0.2, 0.25) is 0 Å². The van der Waals surface area contributed by atoms with Gasteiger partial charge in [-0.1, -0.05) is 13.5 Å². The molecule has 0 bridgehead atoms. The average Bonchev–Trinajstić information content (AvgIpc) is 2.33. The molecule has 0 aromatic carbocycles. The Hall–Kier alpha value is -0.500. The molecule has 0 aliphatic carbocycles. The van der Waals surface area contributed by atoms with Crippen molar-refractivity contribution in [2.45, 2.75) is 19.5 Å². The summed E-state index contributed by atoms with van der Waals surface area (Å²) in [5.74, 6) is 0. The largest absolute Gasteiger partial charge is 0.361 e. The summed E-state index contributed by atoms with van der Waals surface area (Å²) in [4.78, 5) is 2.24. The Morgan fingerprint density at radius 1 is 1.89 bits per heavy atom. The first-order chi connectivity index (χ1) is 4.38. The molecule has 0 saturated carbocycles. The number of nitrogens with zero attached hydrogens (tertiary/aromatic N) is 1. The summed E-state index contributed by atoms with van der Waals surface area (Å²) in [6.45, 7) is 8.12. The summed E-state index contributed by atoms with van der Waals surface area (Å²) >= 11 is 0. The molecule has 1 aliphatic heterocycles. The van der Waals surface area contributed by atoms with Crippen LogP contribution in [0.5, 0.6) is 0 Å². The number of hydrogen-bond donors (Lipinski definition) is 1. The van der Waals surface area contributed by atoms with Crippen molar-refractivity contribution >= 4 is 0 Å². The molecule has 0 aromatic heterocycles. The zero-order valence-corrected chi connectivity index (χ0v) is 5.93. The third-order valence-electron chi connectivity index (χ3n) is 1.77. The number of hydrogen-bond acceptors (Lipinski definition) is 2. The van der Waals surface area contributed by atoms with Crippen LogP contribution in [-0.2, 0) is 0 Å². The van der Waals surface area contributed by atoms with E-state index in [0.29, 0.717) is 6.17 Å². The molecule has 2 heteroatoms. The Morgan fingerprint density at radius 3 is 3.11 bits per heavy atom. The van der Waals surface area contributed by atoms with Gasteiger partial charge in [0.1, 0.15) is 0 Å². The molecule has 1 N–H and O–H groups in total. The van der Waals surface area contributed by atoms with Gasteiger partial charge in [0.25, 0.3) is 0 Å². The van der Waals surface area contributed by atoms with E-state index in [4.69, 9.17) is 0 Å². The highest BCUT2D eigenvalue weighted by atomic mass is 15.3. The van der Waals surface area contributed by atoms with Crippen LogP contribution in [0, 0.1) is 0 Å². The van der Waals surface area contributed by atoms with E-state index in [2.05, 4.69) is 23.7 Å². The van der Waals surface area contributed by atoms with E-state index in [1.54, 1.807) is 0 Å². The van der Waals surface area contributed by atoms with Gasteiger partial charge in [-0.15, -0.1) is 0 Å². The fourth-order valence-corrected chi connectivity index (χ4v) is 1.23.